The number of methoxy groups -OCH3 is 2. The first-order chi connectivity index (χ1) is 13.6. The maximum atomic E-state index is 14.1. The highest BCUT2D eigenvalue weighted by atomic mass is 32.2. The number of benzene rings is 1. The first kappa shape index (κ1) is 20.0. The Morgan fingerprint density at radius 2 is 2.03 bits per heavy atom. The SMILES string of the molecule is CCOC(=O)C1S[C@@]2(C(F)(F)F)C[C@]1(O)c1c(c(OC)c3occc3c1OC)O2. The molecular weight excluding hydrogens is 417 g/mol. The summed E-state index contributed by atoms with van der Waals surface area (Å²) in [5.41, 5.74) is -2.28. The van der Waals surface area contributed by atoms with E-state index in [4.69, 9.17) is 23.4 Å². The number of esters is 1. The molecule has 0 aliphatic carbocycles. The fourth-order valence-corrected chi connectivity index (χ4v) is 5.42. The van der Waals surface area contributed by atoms with Crippen LogP contribution in [0.4, 0.5) is 13.2 Å². The van der Waals surface area contributed by atoms with Crippen LogP contribution in [0.5, 0.6) is 17.2 Å². The first-order valence-electron chi connectivity index (χ1n) is 8.61. The third-order valence-corrected chi connectivity index (χ3v) is 6.72. The molecule has 0 amide bonds. The summed E-state index contributed by atoms with van der Waals surface area (Å²) < 4.78 is 68.7. The summed E-state index contributed by atoms with van der Waals surface area (Å²) in [6, 6.07) is 1.52. The van der Waals surface area contributed by atoms with Crippen LogP contribution < -0.4 is 14.2 Å². The van der Waals surface area contributed by atoms with Gasteiger partial charge in [-0.1, -0.05) is 11.8 Å². The van der Waals surface area contributed by atoms with E-state index in [1.54, 1.807) is 0 Å². The van der Waals surface area contributed by atoms with Crippen molar-refractivity contribution in [3.05, 3.63) is 17.9 Å². The second-order valence-corrected chi connectivity index (χ2v) is 8.00. The number of fused-ring (bicyclic) bond motifs is 5. The average molecular weight is 434 g/mol. The van der Waals surface area contributed by atoms with Crippen LogP contribution in [0.1, 0.15) is 18.9 Å². The van der Waals surface area contributed by atoms with E-state index in [9.17, 15) is 23.1 Å². The number of ether oxygens (including phenoxy) is 4. The van der Waals surface area contributed by atoms with Crippen molar-refractivity contribution in [2.45, 2.75) is 35.3 Å². The molecule has 4 rings (SSSR count). The van der Waals surface area contributed by atoms with E-state index in [2.05, 4.69) is 0 Å². The highest BCUT2D eigenvalue weighted by molar-refractivity contribution is 8.02. The molecule has 2 aliphatic rings. The van der Waals surface area contributed by atoms with Crippen LogP contribution in [0, 0.1) is 0 Å². The number of carbonyl (C=O) groups is 1. The standard InChI is InChI=1S/C18H17F3O7S/c1-4-26-15(22)14-16(23)7-17(29-14,18(19,20)21)28-12-9(16)10(24-2)8-5-6-27-11(8)13(12)25-3/h5-6,14,23H,4,7H2,1-3H3/t14?,16-,17+/m0/s1. The quantitative estimate of drug-likeness (QED) is 0.734. The van der Waals surface area contributed by atoms with Crippen LogP contribution >= 0.6 is 11.8 Å². The van der Waals surface area contributed by atoms with Gasteiger partial charge in [0, 0.05) is 6.42 Å². The number of rotatable bonds is 4. The van der Waals surface area contributed by atoms with E-state index in [1.807, 2.05) is 0 Å². The van der Waals surface area contributed by atoms with Gasteiger partial charge >= 0.3 is 12.1 Å². The Balaban J connectivity index is 2.07. The Bertz CT molecular complexity index is 988. The van der Waals surface area contributed by atoms with Gasteiger partial charge in [0.15, 0.2) is 11.3 Å². The molecule has 7 nitrogen and oxygen atoms in total. The highest BCUT2D eigenvalue weighted by Gasteiger charge is 2.75. The molecular formula is C18H17F3O7S. The molecule has 0 saturated carbocycles. The average Bonchev–Trinajstić information content (AvgIpc) is 3.21. The summed E-state index contributed by atoms with van der Waals surface area (Å²) in [6.45, 7) is 1.47. The van der Waals surface area contributed by atoms with Gasteiger partial charge in [-0.05, 0) is 13.0 Å². The maximum Gasteiger partial charge on any atom is 0.438 e. The minimum absolute atomic E-state index is 0.0413. The monoisotopic (exact) mass is 434 g/mol. The molecule has 2 aliphatic heterocycles. The number of carbonyl (C=O) groups excluding carboxylic acids is 1. The summed E-state index contributed by atoms with van der Waals surface area (Å²) >= 11 is 0.173. The van der Waals surface area contributed by atoms with Crippen LogP contribution in [-0.4, -0.2) is 48.3 Å². The van der Waals surface area contributed by atoms with Gasteiger partial charge in [0.1, 0.15) is 16.6 Å². The zero-order valence-corrected chi connectivity index (χ0v) is 16.4. The van der Waals surface area contributed by atoms with Gasteiger partial charge in [-0.25, -0.2) is 0 Å². The number of hydrogen-bond donors (Lipinski definition) is 1. The van der Waals surface area contributed by atoms with Crippen LogP contribution in [0.3, 0.4) is 0 Å². The molecule has 0 radical (unpaired) electrons. The summed E-state index contributed by atoms with van der Waals surface area (Å²) in [7, 11) is 2.54. The van der Waals surface area contributed by atoms with Crippen molar-refractivity contribution in [3.8, 4) is 17.2 Å². The molecule has 29 heavy (non-hydrogen) atoms. The van der Waals surface area contributed by atoms with Gasteiger partial charge in [0.25, 0.3) is 4.93 Å². The van der Waals surface area contributed by atoms with Crippen LogP contribution in [-0.2, 0) is 15.1 Å². The second kappa shape index (κ2) is 6.36. The lowest BCUT2D eigenvalue weighted by Gasteiger charge is -2.39. The molecule has 1 unspecified atom stereocenters. The number of furan rings is 1. The molecule has 11 heteroatoms. The van der Waals surface area contributed by atoms with E-state index < -0.39 is 34.4 Å². The molecule has 158 valence electrons. The molecule has 1 fully saturated rings. The molecule has 3 atom stereocenters. The Morgan fingerprint density at radius 3 is 2.62 bits per heavy atom. The largest absolute Gasteiger partial charge is 0.495 e. The number of halogens is 3. The van der Waals surface area contributed by atoms with Crippen LogP contribution in [0.25, 0.3) is 11.0 Å². The molecule has 1 aromatic carbocycles. The molecule has 1 saturated heterocycles. The fraction of sp³-hybridized carbons (Fsp3) is 0.500. The lowest BCUT2D eigenvalue weighted by molar-refractivity contribution is -0.227. The predicted octanol–water partition coefficient (Wildman–Crippen LogP) is 3.36. The number of hydrogen-bond acceptors (Lipinski definition) is 8. The van der Waals surface area contributed by atoms with Gasteiger partial charge in [0.05, 0.1) is 38.0 Å². The molecule has 1 aromatic heterocycles. The minimum atomic E-state index is -4.90. The molecule has 3 heterocycles. The van der Waals surface area contributed by atoms with Gasteiger partial charge < -0.3 is 28.5 Å². The lowest BCUT2D eigenvalue weighted by Crippen LogP contribution is -2.51. The Labute approximate surface area is 167 Å². The summed E-state index contributed by atoms with van der Waals surface area (Å²) in [4.78, 5) is 9.65. The second-order valence-electron chi connectivity index (χ2n) is 6.64. The lowest BCUT2D eigenvalue weighted by atomic mass is 9.80. The topological polar surface area (TPSA) is 87.4 Å². The van der Waals surface area contributed by atoms with Gasteiger partial charge in [-0.2, -0.15) is 13.2 Å². The van der Waals surface area contributed by atoms with E-state index in [0.717, 1.165) is 0 Å². The van der Waals surface area contributed by atoms with Crippen LogP contribution in [0.2, 0.25) is 0 Å². The third kappa shape index (κ3) is 2.53. The van der Waals surface area contributed by atoms with Crippen molar-refractivity contribution >= 4 is 28.7 Å². The van der Waals surface area contributed by atoms with E-state index >= 15 is 0 Å². The van der Waals surface area contributed by atoms with Crippen molar-refractivity contribution in [2.24, 2.45) is 0 Å². The minimum Gasteiger partial charge on any atom is -0.495 e. The Morgan fingerprint density at radius 1 is 1.34 bits per heavy atom. The van der Waals surface area contributed by atoms with Crippen molar-refractivity contribution in [1.82, 2.24) is 0 Å². The predicted molar refractivity (Wildman–Crippen MR) is 95.3 cm³/mol. The molecule has 0 spiro atoms. The van der Waals surface area contributed by atoms with Crippen molar-refractivity contribution < 1.29 is 46.4 Å². The zero-order chi connectivity index (χ0) is 21.2. The third-order valence-electron chi connectivity index (χ3n) is 5.06. The first-order valence-corrected chi connectivity index (χ1v) is 9.49. The van der Waals surface area contributed by atoms with E-state index in [1.165, 1.54) is 33.5 Å². The normalized spacial score (nSPS) is 28.0. The van der Waals surface area contributed by atoms with Crippen molar-refractivity contribution in [2.75, 3.05) is 20.8 Å². The number of thioether (sulfide) groups is 1. The highest BCUT2D eigenvalue weighted by Crippen LogP contribution is 2.68. The van der Waals surface area contributed by atoms with E-state index in [-0.39, 0.29) is 46.8 Å². The smallest absolute Gasteiger partial charge is 0.438 e. The molecule has 2 bridgehead atoms. The number of aliphatic hydroxyl groups is 1. The van der Waals surface area contributed by atoms with Crippen LogP contribution in [0.15, 0.2) is 16.7 Å². The van der Waals surface area contributed by atoms with Gasteiger partial charge in [-0.15, -0.1) is 0 Å². The Kier molecular flexibility index (Phi) is 4.39. The molecule has 1 N–H and O–H groups in total. The van der Waals surface area contributed by atoms with Gasteiger partial charge in [-0.3, -0.25) is 4.79 Å². The summed E-state index contributed by atoms with van der Waals surface area (Å²) in [5, 5.41) is 10.3. The Hall–Kier alpha value is -2.27. The van der Waals surface area contributed by atoms with Crippen molar-refractivity contribution in [1.29, 1.82) is 0 Å². The van der Waals surface area contributed by atoms with E-state index in [0.29, 0.717) is 5.39 Å². The molecule has 2 aromatic rings. The maximum absolute atomic E-state index is 14.1. The fourth-order valence-electron chi connectivity index (χ4n) is 3.91. The summed E-state index contributed by atoms with van der Waals surface area (Å²) in [5.74, 6) is -1.44. The van der Waals surface area contributed by atoms with Crippen molar-refractivity contribution in [3.63, 3.8) is 0 Å². The summed E-state index contributed by atoms with van der Waals surface area (Å²) in [6.07, 6.45) is -4.50. The zero-order valence-electron chi connectivity index (χ0n) is 15.6. The number of alkyl halides is 3. The van der Waals surface area contributed by atoms with Gasteiger partial charge in [0.2, 0.25) is 5.75 Å².